The molecular weight excluding hydrogens is 693 g/mol. The molecule has 4 nitrogen and oxygen atoms in total. The van der Waals surface area contributed by atoms with E-state index in [0.717, 1.165) is 51.3 Å². The number of benzene rings is 7. The number of allylic oxidation sites excluding steroid dienone is 4. The highest BCUT2D eigenvalue weighted by Crippen LogP contribution is 2.43. The molecule has 270 valence electrons. The van der Waals surface area contributed by atoms with Gasteiger partial charge in [0.2, 0.25) is 0 Å². The van der Waals surface area contributed by atoms with E-state index in [1.165, 1.54) is 44.4 Å². The molecule has 0 radical (unpaired) electrons. The predicted octanol–water partition coefficient (Wildman–Crippen LogP) is 13.5. The zero-order valence-electron chi connectivity index (χ0n) is 31.3. The fraction of sp³-hybridized carbons (Fsp3) is 0.0189. The second-order valence-electron chi connectivity index (χ2n) is 14.3. The van der Waals surface area contributed by atoms with Crippen molar-refractivity contribution in [3.63, 3.8) is 0 Å². The van der Waals surface area contributed by atoms with Gasteiger partial charge in [-0.1, -0.05) is 146 Å². The Morgan fingerprint density at radius 1 is 0.474 bits per heavy atom. The van der Waals surface area contributed by atoms with E-state index in [-0.39, 0.29) is 0 Å². The monoisotopic (exact) mass is 730 g/mol. The van der Waals surface area contributed by atoms with Gasteiger partial charge in [0.1, 0.15) is 0 Å². The van der Waals surface area contributed by atoms with Crippen LogP contribution in [-0.2, 0) is 0 Å². The number of fused-ring (bicyclic) bond motifs is 4. The van der Waals surface area contributed by atoms with Gasteiger partial charge in [0.15, 0.2) is 5.82 Å². The molecule has 3 heterocycles. The van der Waals surface area contributed by atoms with Crippen LogP contribution < -0.4 is 4.90 Å². The Morgan fingerprint density at radius 3 is 1.77 bits per heavy atom. The lowest BCUT2D eigenvalue weighted by Crippen LogP contribution is -2.12. The van der Waals surface area contributed by atoms with Crippen molar-refractivity contribution in [3.8, 4) is 50.7 Å². The standard InChI is InChI=1S/C53H38N4/c1-2-3-7-20-42-36-56(43-21-12-6-13-22-43)52-34-41(27-31-45(42)52)40-28-32-51-47(33-40)46-23-14-15-24-50(46)57(51)44-29-25-39(26-30-44)53-54-48(37-16-8-4-9-17-37)35-49(55-53)38-18-10-5-11-19-38/h2-35H,1,36H2/b7-3-,42-20+. The van der Waals surface area contributed by atoms with E-state index in [0.29, 0.717) is 5.82 Å². The minimum Gasteiger partial charge on any atom is -0.336 e. The number of hydrogen-bond donors (Lipinski definition) is 0. The number of para-hydroxylation sites is 2. The number of aromatic nitrogens is 3. The summed E-state index contributed by atoms with van der Waals surface area (Å²) < 4.78 is 2.36. The van der Waals surface area contributed by atoms with E-state index in [1.807, 2.05) is 48.6 Å². The van der Waals surface area contributed by atoms with Crippen LogP contribution in [0, 0.1) is 0 Å². The van der Waals surface area contributed by atoms with Gasteiger partial charge in [-0.3, -0.25) is 0 Å². The SMILES string of the molecule is C=C/C=C\C=C1/CN(c2ccccc2)c2cc(-c3ccc4c(c3)c3ccccc3n4-c3ccc(-c4nc(-c5ccccc5)cc(-c5ccccc5)n4)cc3)ccc21. The van der Waals surface area contributed by atoms with E-state index in [1.54, 1.807) is 0 Å². The van der Waals surface area contributed by atoms with Crippen LogP contribution in [-0.4, -0.2) is 21.1 Å². The van der Waals surface area contributed by atoms with Crippen LogP contribution in [0.4, 0.5) is 11.4 Å². The number of nitrogens with zero attached hydrogens (tertiary/aromatic N) is 4. The van der Waals surface area contributed by atoms with E-state index < -0.39 is 0 Å². The van der Waals surface area contributed by atoms with Crippen molar-refractivity contribution in [1.29, 1.82) is 0 Å². The molecule has 0 unspecified atom stereocenters. The Labute approximate surface area is 332 Å². The summed E-state index contributed by atoms with van der Waals surface area (Å²) >= 11 is 0. The maximum absolute atomic E-state index is 5.06. The molecular formula is C53H38N4. The van der Waals surface area contributed by atoms with Gasteiger partial charge in [0, 0.05) is 56.6 Å². The van der Waals surface area contributed by atoms with Crippen molar-refractivity contribution in [2.45, 2.75) is 0 Å². The fourth-order valence-corrected chi connectivity index (χ4v) is 8.06. The average molecular weight is 731 g/mol. The Hall–Kier alpha value is -7.56. The van der Waals surface area contributed by atoms with Gasteiger partial charge >= 0.3 is 0 Å². The van der Waals surface area contributed by atoms with E-state index in [2.05, 4.69) is 174 Å². The third-order valence-electron chi connectivity index (χ3n) is 10.8. The minimum atomic E-state index is 0.699. The van der Waals surface area contributed by atoms with Gasteiger partial charge in [-0.25, -0.2) is 9.97 Å². The smallest absolute Gasteiger partial charge is 0.160 e. The molecule has 0 saturated heterocycles. The van der Waals surface area contributed by atoms with Crippen LogP contribution in [0.25, 0.3) is 78.1 Å². The summed E-state index contributed by atoms with van der Waals surface area (Å²) in [5.41, 5.74) is 15.6. The number of rotatable bonds is 8. The Morgan fingerprint density at radius 2 is 1.07 bits per heavy atom. The first-order valence-corrected chi connectivity index (χ1v) is 19.3. The summed E-state index contributed by atoms with van der Waals surface area (Å²) in [5, 5.41) is 2.44. The summed E-state index contributed by atoms with van der Waals surface area (Å²) in [7, 11) is 0. The molecule has 9 aromatic rings. The van der Waals surface area contributed by atoms with Crippen molar-refractivity contribution < 1.29 is 0 Å². The first kappa shape index (κ1) is 34.0. The molecule has 0 amide bonds. The van der Waals surface area contributed by atoms with Crippen LogP contribution in [0.15, 0.2) is 213 Å². The lowest BCUT2D eigenvalue weighted by Gasteiger charge is -2.20. The van der Waals surface area contributed by atoms with E-state index in [4.69, 9.17) is 9.97 Å². The van der Waals surface area contributed by atoms with Gasteiger partial charge < -0.3 is 9.47 Å². The first-order chi connectivity index (χ1) is 28.2. The molecule has 0 spiro atoms. The van der Waals surface area contributed by atoms with Crippen LogP contribution in [0.3, 0.4) is 0 Å². The summed E-state index contributed by atoms with van der Waals surface area (Å²) in [6.07, 6.45) is 8.07. The summed E-state index contributed by atoms with van der Waals surface area (Å²) in [4.78, 5) is 12.5. The highest BCUT2D eigenvalue weighted by molar-refractivity contribution is 6.10. The zero-order valence-corrected chi connectivity index (χ0v) is 31.3. The molecule has 0 aliphatic carbocycles. The molecule has 0 N–H and O–H groups in total. The number of hydrogen-bond acceptors (Lipinski definition) is 3. The van der Waals surface area contributed by atoms with Gasteiger partial charge in [-0.15, -0.1) is 0 Å². The first-order valence-electron chi connectivity index (χ1n) is 19.3. The van der Waals surface area contributed by atoms with Crippen molar-refractivity contribution in [2.24, 2.45) is 0 Å². The van der Waals surface area contributed by atoms with Crippen LogP contribution in [0.5, 0.6) is 0 Å². The lowest BCUT2D eigenvalue weighted by molar-refractivity contribution is 1.16. The van der Waals surface area contributed by atoms with Gasteiger partial charge in [-0.2, -0.15) is 0 Å². The topological polar surface area (TPSA) is 34.0 Å². The maximum atomic E-state index is 5.06. The molecule has 7 aromatic carbocycles. The molecule has 10 rings (SSSR count). The largest absolute Gasteiger partial charge is 0.336 e. The summed E-state index contributed by atoms with van der Waals surface area (Å²) in [5.74, 6) is 0.699. The third kappa shape index (κ3) is 6.33. The Balaban J connectivity index is 1.04. The molecule has 2 aromatic heterocycles. The molecule has 4 heteroatoms. The predicted molar refractivity (Wildman–Crippen MR) is 239 cm³/mol. The summed E-state index contributed by atoms with van der Waals surface area (Å²) in [6.45, 7) is 4.65. The zero-order chi connectivity index (χ0) is 38.1. The van der Waals surface area contributed by atoms with E-state index in [9.17, 15) is 0 Å². The summed E-state index contributed by atoms with van der Waals surface area (Å²) in [6, 6.07) is 64.5. The number of anilines is 2. The average Bonchev–Trinajstić information content (AvgIpc) is 3.82. The lowest BCUT2D eigenvalue weighted by atomic mass is 9.99. The molecule has 57 heavy (non-hydrogen) atoms. The molecule has 0 atom stereocenters. The third-order valence-corrected chi connectivity index (χ3v) is 10.8. The second-order valence-corrected chi connectivity index (χ2v) is 14.3. The molecule has 0 fully saturated rings. The van der Waals surface area contributed by atoms with Gasteiger partial charge in [-0.05, 0) is 83.4 Å². The van der Waals surface area contributed by atoms with Crippen molar-refractivity contribution in [1.82, 2.24) is 14.5 Å². The molecule has 0 bridgehead atoms. The Kier molecular flexibility index (Phi) is 8.69. The fourth-order valence-electron chi connectivity index (χ4n) is 8.06. The van der Waals surface area contributed by atoms with Crippen molar-refractivity contribution in [2.75, 3.05) is 11.4 Å². The van der Waals surface area contributed by atoms with Crippen LogP contribution in [0.2, 0.25) is 0 Å². The normalized spacial score (nSPS) is 13.2. The van der Waals surface area contributed by atoms with Crippen molar-refractivity contribution >= 4 is 38.8 Å². The maximum Gasteiger partial charge on any atom is 0.160 e. The van der Waals surface area contributed by atoms with E-state index >= 15 is 0 Å². The Bertz CT molecular complexity index is 2920. The molecule has 0 saturated carbocycles. The molecule has 1 aliphatic heterocycles. The molecule has 1 aliphatic rings. The second kappa shape index (κ2) is 14.6. The van der Waals surface area contributed by atoms with Gasteiger partial charge in [0.05, 0.1) is 22.4 Å². The highest BCUT2D eigenvalue weighted by Gasteiger charge is 2.25. The minimum absolute atomic E-state index is 0.699. The van der Waals surface area contributed by atoms with Gasteiger partial charge in [0.25, 0.3) is 0 Å². The highest BCUT2D eigenvalue weighted by atomic mass is 15.2. The van der Waals surface area contributed by atoms with Crippen LogP contribution >= 0.6 is 0 Å². The quantitative estimate of drug-likeness (QED) is 0.146. The van der Waals surface area contributed by atoms with Crippen molar-refractivity contribution in [3.05, 3.63) is 218 Å². The van der Waals surface area contributed by atoms with Crippen LogP contribution in [0.1, 0.15) is 5.56 Å².